The van der Waals surface area contributed by atoms with Gasteiger partial charge < -0.3 is 14.8 Å². The average Bonchev–Trinajstić information content (AvgIpc) is 2.81. The Hall–Kier alpha value is -1.94. The molecule has 10 heteroatoms. The zero-order chi connectivity index (χ0) is 13.8. The van der Waals surface area contributed by atoms with Crippen LogP contribution in [0.2, 0.25) is 0 Å². The van der Waals surface area contributed by atoms with Gasteiger partial charge in [-0.15, -0.1) is 0 Å². The third kappa shape index (κ3) is 3.53. The van der Waals surface area contributed by atoms with Crippen LogP contribution in [0.1, 0.15) is 6.42 Å². The van der Waals surface area contributed by atoms with Gasteiger partial charge in [-0.2, -0.15) is 4.72 Å². The van der Waals surface area contributed by atoms with E-state index in [1.165, 1.54) is 0 Å². The lowest BCUT2D eigenvalue weighted by Gasteiger charge is -2.12. The molecule has 0 fully saturated rings. The Bertz CT molecular complexity index is 523. The highest BCUT2D eigenvalue weighted by Gasteiger charge is 2.28. The van der Waals surface area contributed by atoms with Crippen LogP contribution >= 0.6 is 0 Å². The number of rotatable bonds is 6. The first-order valence-corrected chi connectivity index (χ1v) is 6.15. The van der Waals surface area contributed by atoms with Crippen LogP contribution < -0.4 is 4.72 Å². The average molecular weight is 277 g/mol. The summed E-state index contributed by atoms with van der Waals surface area (Å²) in [7, 11) is -3.00. The zero-order valence-electron chi connectivity index (χ0n) is 9.28. The van der Waals surface area contributed by atoms with E-state index < -0.39 is 34.4 Å². The van der Waals surface area contributed by atoms with Crippen molar-refractivity contribution in [1.29, 1.82) is 0 Å². The molecule has 0 bridgehead atoms. The predicted octanol–water partition coefficient (Wildman–Crippen LogP) is -1.30. The summed E-state index contributed by atoms with van der Waals surface area (Å²) in [5.41, 5.74) is 0. The molecule has 1 rings (SSSR count). The lowest BCUT2D eigenvalue weighted by Crippen LogP contribution is -2.42. The summed E-state index contributed by atoms with van der Waals surface area (Å²) in [6, 6.07) is -1.61. The second-order valence-electron chi connectivity index (χ2n) is 3.21. The largest absolute Gasteiger partial charge is 0.480 e. The van der Waals surface area contributed by atoms with Crippen LogP contribution in [0, 0.1) is 0 Å². The maximum absolute atomic E-state index is 11.7. The number of ether oxygens (including phenoxy) is 1. The number of esters is 1. The Kier molecular flexibility index (Phi) is 4.39. The molecule has 0 spiro atoms. The Labute approximate surface area is 102 Å². The fourth-order valence-electron chi connectivity index (χ4n) is 1.07. The van der Waals surface area contributed by atoms with E-state index in [4.69, 9.17) is 5.11 Å². The Morgan fingerprint density at radius 1 is 1.61 bits per heavy atom. The molecule has 0 aliphatic heterocycles. The number of carboxylic acid groups (broad SMARTS) is 1. The van der Waals surface area contributed by atoms with Gasteiger partial charge in [-0.25, -0.2) is 13.4 Å². The Morgan fingerprint density at radius 2 is 2.28 bits per heavy atom. The number of nitrogens with one attached hydrogen (secondary N) is 2. The van der Waals surface area contributed by atoms with E-state index in [0.717, 1.165) is 19.6 Å². The molecule has 0 amide bonds. The highest BCUT2D eigenvalue weighted by Crippen LogP contribution is 2.05. The summed E-state index contributed by atoms with van der Waals surface area (Å²) < 4.78 is 29.5. The molecule has 18 heavy (non-hydrogen) atoms. The van der Waals surface area contributed by atoms with Gasteiger partial charge >= 0.3 is 11.9 Å². The van der Waals surface area contributed by atoms with Gasteiger partial charge in [0.05, 0.1) is 26.1 Å². The number of methoxy groups -OCH3 is 1. The molecule has 0 aromatic carbocycles. The fraction of sp³-hybridized carbons (Fsp3) is 0.375. The number of carboxylic acids is 1. The minimum atomic E-state index is -4.07. The topological polar surface area (TPSA) is 138 Å². The van der Waals surface area contributed by atoms with E-state index in [-0.39, 0.29) is 5.03 Å². The van der Waals surface area contributed by atoms with Crippen LogP contribution in [-0.2, 0) is 24.3 Å². The first kappa shape index (κ1) is 14.1. The number of sulfonamides is 1. The van der Waals surface area contributed by atoms with Gasteiger partial charge in [-0.1, -0.05) is 0 Å². The fourth-order valence-corrected chi connectivity index (χ4v) is 2.16. The number of aliphatic carboxylic acids is 1. The molecule has 9 nitrogen and oxygen atoms in total. The Morgan fingerprint density at radius 3 is 2.72 bits per heavy atom. The van der Waals surface area contributed by atoms with Crippen LogP contribution in [0.25, 0.3) is 0 Å². The SMILES string of the molecule is COC(=O)C[C@H](NS(=O)(=O)c1cnc[nH]1)C(=O)O. The summed E-state index contributed by atoms with van der Waals surface area (Å²) in [4.78, 5) is 27.6. The van der Waals surface area contributed by atoms with E-state index in [0.29, 0.717) is 0 Å². The van der Waals surface area contributed by atoms with E-state index in [1.54, 1.807) is 0 Å². The van der Waals surface area contributed by atoms with E-state index in [9.17, 15) is 18.0 Å². The number of carbonyl (C=O) groups is 2. The van der Waals surface area contributed by atoms with Crippen molar-refractivity contribution in [3.63, 3.8) is 0 Å². The number of hydrogen-bond donors (Lipinski definition) is 3. The molecule has 0 aliphatic rings. The number of hydrogen-bond acceptors (Lipinski definition) is 6. The molecule has 3 N–H and O–H groups in total. The van der Waals surface area contributed by atoms with Gasteiger partial charge in [0.1, 0.15) is 6.04 Å². The lowest BCUT2D eigenvalue weighted by atomic mass is 10.2. The smallest absolute Gasteiger partial charge is 0.322 e. The van der Waals surface area contributed by atoms with Crippen LogP contribution in [-0.4, -0.2) is 48.6 Å². The zero-order valence-corrected chi connectivity index (χ0v) is 10.1. The van der Waals surface area contributed by atoms with Crippen molar-refractivity contribution in [1.82, 2.24) is 14.7 Å². The minimum Gasteiger partial charge on any atom is -0.480 e. The van der Waals surface area contributed by atoms with Crippen molar-refractivity contribution in [2.75, 3.05) is 7.11 Å². The molecule has 100 valence electrons. The number of carbonyl (C=O) groups excluding carboxylic acids is 1. The molecule has 0 aliphatic carbocycles. The maximum Gasteiger partial charge on any atom is 0.322 e. The van der Waals surface area contributed by atoms with Gasteiger partial charge in [0.15, 0.2) is 5.03 Å². The predicted molar refractivity (Wildman–Crippen MR) is 57.0 cm³/mol. The van der Waals surface area contributed by atoms with Crippen LogP contribution in [0.4, 0.5) is 0 Å². The summed E-state index contributed by atoms with van der Waals surface area (Å²) in [6.45, 7) is 0. The van der Waals surface area contributed by atoms with E-state index in [1.807, 2.05) is 4.72 Å². The molecule has 1 aromatic rings. The molecule has 0 saturated carbocycles. The minimum absolute atomic E-state index is 0.293. The molecule has 1 atom stereocenters. The van der Waals surface area contributed by atoms with E-state index in [2.05, 4.69) is 14.7 Å². The van der Waals surface area contributed by atoms with E-state index >= 15 is 0 Å². The second-order valence-corrected chi connectivity index (χ2v) is 4.89. The molecule has 0 unspecified atom stereocenters. The quantitative estimate of drug-likeness (QED) is 0.549. The molecule has 0 saturated heterocycles. The van der Waals surface area contributed by atoms with Gasteiger partial charge in [-0.3, -0.25) is 9.59 Å². The number of imidazole rings is 1. The summed E-state index contributed by atoms with van der Waals surface area (Å²) >= 11 is 0. The van der Waals surface area contributed by atoms with Gasteiger partial charge in [-0.05, 0) is 0 Å². The number of nitrogens with zero attached hydrogens (tertiary/aromatic N) is 1. The number of aromatic amines is 1. The molecule has 1 aromatic heterocycles. The first-order chi connectivity index (χ1) is 8.36. The van der Waals surface area contributed by atoms with Crippen molar-refractivity contribution in [3.8, 4) is 0 Å². The van der Waals surface area contributed by atoms with Crippen molar-refractivity contribution in [2.45, 2.75) is 17.5 Å². The van der Waals surface area contributed by atoms with Gasteiger partial charge in [0.2, 0.25) is 0 Å². The second kappa shape index (κ2) is 5.60. The first-order valence-electron chi connectivity index (χ1n) is 4.67. The molecule has 1 heterocycles. The Balaban J connectivity index is 2.85. The summed E-state index contributed by atoms with van der Waals surface area (Å²) in [6.07, 6.45) is 1.53. The molecular formula is C8H11N3O6S. The third-order valence-electron chi connectivity index (χ3n) is 1.96. The van der Waals surface area contributed by atoms with Crippen molar-refractivity contribution >= 4 is 22.0 Å². The number of aromatic nitrogens is 2. The van der Waals surface area contributed by atoms with Crippen molar-refractivity contribution in [2.24, 2.45) is 0 Å². The summed E-state index contributed by atoms with van der Waals surface area (Å²) in [5, 5.41) is 8.53. The van der Waals surface area contributed by atoms with Crippen LogP contribution in [0.3, 0.4) is 0 Å². The third-order valence-corrected chi connectivity index (χ3v) is 3.35. The van der Waals surface area contributed by atoms with Crippen LogP contribution in [0.5, 0.6) is 0 Å². The monoisotopic (exact) mass is 277 g/mol. The van der Waals surface area contributed by atoms with Crippen LogP contribution in [0.15, 0.2) is 17.6 Å². The van der Waals surface area contributed by atoms with Crippen molar-refractivity contribution in [3.05, 3.63) is 12.5 Å². The lowest BCUT2D eigenvalue weighted by molar-refractivity contribution is -0.147. The van der Waals surface area contributed by atoms with Crippen molar-refractivity contribution < 1.29 is 27.9 Å². The standard InChI is InChI=1S/C8H11N3O6S/c1-17-7(12)2-5(8(13)14)11-18(15,16)6-3-9-4-10-6/h3-5,11H,2H2,1H3,(H,9,10)(H,13,14)/t5-/m0/s1. The van der Waals surface area contributed by atoms with Gasteiger partial charge in [0.25, 0.3) is 10.0 Å². The van der Waals surface area contributed by atoms with Gasteiger partial charge in [0, 0.05) is 0 Å². The maximum atomic E-state index is 11.7. The normalized spacial score (nSPS) is 12.9. The molecule has 0 radical (unpaired) electrons. The number of H-pyrrole nitrogens is 1. The highest BCUT2D eigenvalue weighted by atomic mass is 32.2. The summed E-state index contributed by atoms with van der Waals surface area (Å²) in [5.74, 6) is -2.32. The molecular weight excluding hydrogens is 266 g/mol. The highest BCUT2D eigenvalue weighted by molar-refractivity contribution is 7.89.